The molecule has 0 saturated carbocycles. The number of hydrogen-bond acceptors (Lipinski definition) is 3. The Morgan fingerprint density at radius 2 is 1.48 bits per heavy atom. The number of rotatable bonds is 16. The second-order valence-corrected chi connectivity index (χ2v) is 12.0. The highest BCUT2D eigenvalue weighted by atomic mass is 32.2. The van der Waals surface area contributed by atoms with Crippen LogP contribution in [0.2, 0.25) is 0 Å². The second-order valence-electron chi connectivity index (χ2n) is 9.12. The topological polar surface area (TPSA) is 0 Å². The summed E-state index contributed by atoms with van der Waals surface area (Å²) in [5, 5.41) is 4.59. The average molecular weight is 475 g/mol. The third-order valence-corrected chi connectivity index (χ3v) is 9.94. The van der Waals surface area contributed by atoms with E-state index in [4.69, 9.17) is 0 Å². The smallest absolute Gasteiger partial charge is 0.0557 e. The van der Waals surface area contributed by atoms with Crippen molar-refractivity contribution in [3.8, 4) is 0 Å². The standard InChI is InChI=1S/C28H42S3/c1-2-3-4-5-6-7-8-9-10-11-12-13-14-15-20-28(26-19-17-23-30-26)21-24-31-27(28)25-18-16-22-29-25/h16-19,21,23-24H,2-15,20,22H2,1H3/b27-25+. The molecule has 0 nitrogen and oxygen atoms in total. The predicted octanol–water partition coefficient (Wildman–Crippen LogP) is 10.6. The first-order valence-electron chi connectivity index (χ1n) is 12.8. The van der Waals surface area contributed by atoms with E-state index in [9.17, 15) is 0 Å². The Labute approximate surface area is 204 Å². The van der Waals surface area contributed by atoms with Gasteiger partial charge in [0.2, 0.25) is 0 Å². The first-order chi connectivity index (χ1) is 15.4. The van der Waals surface area contributed by atoms with E-state index >= 15 is 0 Å². The lowest BCUT2D eigenvalue weighted by atomic mass is 9.80. The van der Waals surface area contributed by atoms with Crippen LogP contribution in [-0.2, 0) is 5.41 Å². The van der Waals surface area contributed by atoms with Gasteiger partial charge in [0.25, 0.3) is 0 Å². The van der Waals surface area contributed by atoms with E-state index < -0.39 is 0 Å². The molecule has 0 saturated heterocycles. The molecule has 2 aliphatic heterocycles. The second kappa shape index (κ2) is 14.7. The molecular formula is C28H42S3. The van der Waals surface area contributed by atoms with E-state index in [1.54, 1.807) is 4.91 Å². The molecule has 0 fully saturated rings. The van der Waals surface area contributed by atoms with Crippen LogP contribution in [0.3, 0.4) is 0 Å². The van der Waals surface area contributed by atoms with Crippen LogP contribution in [-0.4, -0.2) is 5.75 Å². The van der Waals surface area contributed by atoms with Crippen LogP contribution >= 0.6 is 34.9 Å². The molecule has 1 unspecified atom stereocenters. The lowest BCUT2D eigenvalue weighted by Crippen LogP contribution is -2.22. The fourth-order valence-electron chi connectivity index (χ4n) is 4.80. The molecule has 0 bridgehead atoms. The zero-order chi connectivity index (χ0) is 21.6. The van der Waals surface area contributed by atoms with Gasteiger partial charge in [-0.15, -0.1) is 34.9 Å². The number of thioether (sulfide) groups is 2. The van der Waals surface area contributed by atoms with Crippen molar-refractivity contribution in [2.24, 2.45) is 0 Å². The first kappa shape index (κ1) is 25.2. The molecule has 3 heterocycles. The van der Waals surface area contributed by atoms with E-state index in [0.717, 1.165) is 5.75 Å². The summed E-state index contributed by atoms with van der Waals surface area (Å²) in [5.74, 6) is 1.14. The molecule has 31 heavy (non-hydrogen) atoms. The zero-order valence-corrected chi connectivity index (χ0v) is 22.0. The molecule has 172 valence electrons. The van der Waals surface area contributed by atoms with Crippen molar-refractivity contribution in [2.45, 2.75) is 109 Å². The summed E-state index contributed by atoms with van der Waals surface area (Å²) in [6.45, 7) is 2.30. The molecule has 0 aromatic carbocycles. The van der Waals surface area contributed by atoms with Crippen molar-refractivity contribution >= 4 is 34.9 Å². The minimum absolute atomic E-state index is 0.146. The molecule has 0 amide bonds. The van der Waals surface area contributed by atoms with E-state index in [0.29, 0.717) is 0 Å². The Kier molecular flexibility index (Phi) is 12.0. The molecular weight excluding hydrogens is 433 g/mol. The van der Waals surface area contributed by atoms with E-state index in [1.165, 1.54) is 106 Å². The van der Waals surface area contributed by atoms with E-state index in [2.05, 4.69) is 48.1 Å². The van der Waals surface area contributed by atoms with Gasteiger partial charge in [-0.05, 0) is 23.3 Å². The maximum atomic E-state index is 2.50. The highest BCUT2D eigenvalue weighted by Crippen LogP contribution is 2.54. The van der Waals surface area contributed by atoms with E-state index in [-0.39, 0.29) is 5.41 Å². The maximum absolute atomic E-state index is 2.50. The highest BCUT2D eigenvalue weighted by molar-refractivity contribution is 8.08. The van der Waals surface area contributed by atoms with Gasteiger partial charge in [-0.3, -0.25) is 0 Å². The van der Waals surface area contributed by atoms with Crippen molar-refractivity contribution < 1.29 is 0 Å². The third-order valence-electron chi connectivity index (χ3n) is 6.66. The normalized spacial score (nSPS) is 22.7. The molecule has 3 rings (SSSR count). The highest BCUT2D eigenvalue weighted by Gasteiger charge is 2.39. The minimum Gasteiger partial charge on any atom is -0.148 e. The lowest BCUT2D eigenvalue weighted by Gasteiger charge is -2.29. The number of unbranched alkanes of at least 4 members (excludes halogenated alkanes) is 13. The molecule has 0 spiro atoms. The quantitative estimate of drug-likeness (QED) is 0.218. The summed E-state index contributed by atoms with van der Waals surface area (Å²) in [4.78, 5) is 4.63. The molecule has 0 radical (unpaired) electrons. The van der Waals surface area contributed by atoms with Crippen LogP contribution in [0.15, 0.2) is 51.0 Å². The number of thiophene rings is 1. The van der Waals surface area contributed by atoms with Crippen molar-refractivity contribution in [2.75, 3.05) is 5.75 Å². The molecule has 0 aliphatic carbocycles. The van der Waals surface area contributed by atoms with Crippen LogP contribution in [0.1, 0.15) is 108 Å². The zero-order valence-electron chi connectivity index (χ0n) is 19.6. The first-order valence-corrected chi connectivity index (χ1v) is 15.5. The monoisotopic (exact) mass is 474 g/mol. The summed E-state index contributed by atoms with van der Waals surface area (Å²) in [7, 11) is 0. The summed E-state index contributed by atoms with van der Waals surface area (Å²) in [6.07, 6.45) is 28.4. The van der Waals surface area contributed by atoms with Crippen LogP contribution < -0.4 is 0 Å². The molecule has 0 N–H and O–H groups in total. The Morgan fingerprint density at radius 1 is 0.839 bits per heavy atom. The Hall–Kier alpha value is -0.380. The largest absolute Gasteiger partial charge is 0.148 e. The Balaban J connectivity index is 1.32. The molecule has 1 aromatic heterocycles. The van der Waals surface area contributed by atoms with Gasteiger partial charge in [0, 0.05) is 20.4 Å². The predicted molar refractivity (Wildman–Crippen MR) is 146 cm³/mol. The van der Waals surface area contributed by atoms with Crippen molar-refractivity contribution in [3.63, 3.8) is 0 Å². The number of hydrogen-bond donors (Lipinski definition) is 0. The van der Waals surface area contributed by atoms with Gasteiger partial charge in [-0.25, -0.2) is 0 Å². The molecule has 2 aliphatic rings. The fraction of sp³-hybridized carbons (Fsp3) is 0.643. The van der Waals surface area contributed by atoms with Gasteiger partial charge in [0.15, 0.2) is 0 Å². The Bertz CT molecular complexity index is 698. The molecule has 1 atom stereocenters. The van der Waals surface area contributed by atoms with Gasteiger partial charge in [-0.2, -0.15) is 0 Å². The summed E-state index contributed by atoms with van der Waals surface area (Å²) < 4.78 is 0. The van der Waals surface area contributed by atoms with Crippen LogP contribution in [0.5, 0.6) is 0 Å². The number of allylic oxidation sites excluding steroid dienone is 3. The van der Waals surface area contributed by atoms with Gasteiger partial charge in [0.05, 0.1) is 5.41 Å². The summed E-state index contributed by atoms with van der Waals surface area (Å²) in [6, 6.07) is 4.58. The van der Waals surface area contributed by atoms with Crippen LogP contribution in [0.25, 0.3) is 0 Å². The van der Waals surface area contributed by atoms with Gasteiger partial charge >= 0.3 is 0 Å². The van der Waals surface area contributed by atoms with Crippen molar-refractivity contribution in [1.82, 2.24) is 0 Å². The minimum atomic E-state index is 0.146. The van der Waals surface area contributed by atoms with E-state index in [1.807, 2.05) is 34.9 Å². The van der Waals surface area contributed by atoms with Crippen LogP contribution in [0, 0.1) is 0 Å². The molecule has 3 heteroatoms. The van der Waals surface area contributed by atoms with Crippen molar-refractivity contribution in [3.05, 3.63) is 55.8 Å². The maximum Gasteiger partial charge on any atom is 0.0557 e. The van der Waals surface area contributed by atoms with Crippen LogP contribution in [0.4, 0.5) is 0 Å². The summed E-state index contributed by atoms with van der Waals surface area (Å²) >= 11 is 5.92. The lowest BCUT2D eigenvalue weighted by molar-refractivity contribution is 0.509. The van der Waals surface area contributed by atoms with Gasteiger partial charge in [-0.1, -0.05) is 121 Å². The van der Waals surface area contributed by atoms with Crippen molar-refractivity contribution in [1.29, 1.82) is 0 Å². The Morgan fingerprint density at radius 3 is 2.03 bits per heavy atom. The summed E-state index contributed by atoms with van der Waals surface area (Å²) in [5.41, 5.74) is 0.146. The molecule has 1 aromatic rings. The third kappa shape index (κ3) is 7.86. The SMILES string of the molecule is CCCCCCCCCCCCCCCCC1(c2cccs2)C=CS/C1=C1\C=CCS1. The fourth-order valence-corrected chi connectivity index (χ4v) is 8.12. The van der Waals surface area contributed by atoms with Gasteiger partial charge < -0.3 is 0 Å². The van der Waals surface area contributed by atoms with Gasteiger partial charge in [0.1, 0.15) is 0 Å². The average Bonchev–Trinajstić information content (AvgIpc) is 3.55.